The quantitative estimate of drug-likeness (QED) is 0.720. The van der Waals surface area contributed by atoms with Gasteiger partial charge >= 0.3 is 0 Å². The summed E-state index contributed by atoms with van der Waals surface area (Å²) in [5.74, 6) is -0.0515. The first kappa shape index (κ1) is 9.09. The molecule has 14 heavy (non-hydrogen) atoms. The molecule has 3 nitrogen and oxygen atoms in total. The van der Waals surface area contributed by atoms with Gasteiger partial charge in [0, 0.05) is 18.5 Å². The Balaban J connectivity index is 3.06. The van der Waals surface area contributed by atoms with E-state index in [1.165, 1.54) is 10.6 Å². The molecule has 2 rings (SSSR count). The van der Waals surface area contributed by atoms with Gasteiger partial charge in [-0.25, -0.2) is 0 Å². The van der Waals surface area contributed by atoms with Gasteiger partial charge in [-0.15, -0.1) is 0 Å². The highest BCUT2D eigenvalue weighted by Crippen LogP contribution is 2.30. The maximum Gasteiger partial charge on any atom is 0.250 e. The topological polar surface area (TPSA) is 42.2 Å². The monoisotopic (exact) mass is 209 g/mol. The summed E-state index contributed by atoms with van der Waals surface area (Å²) in [6.07, 6.45) is 0. The molecule has 0 radical (unpaired) electrons. The molecule has 1 aromatic heterocycles. The van der Waals surface area contributed by atoms with E-state index in [1.807, 2.05) is 0 Å². The molecule has 0 aliphatic heterocycles. The van der Waals surface area contributed by atoms with Crippen molar-refractivity contribution in [2.45, 2.75) is 0 Å². The Morgan fingerprint density at radius 1 is 1.29 bits per heavy atom. The Kier molecular flexibility index (Phi) is 1.97. The molecule has 72 valence electrons. The smallest absolute Gasteiger partial charge is 0.250 e. The van der Waals surface area contributed by atoms with Gasteiger partial charge in [0.25, 0.3) is 5.56 Å². The van der Waals surface area contributed by atoms with Crippen LogP contribution in [0.4, 0.5) is 0 Å². The third-order valence-corrected chi connectivity index (χ3v) is 2.51. The van der Waals surface area contributed by atoms with Crippen LogP contribution in [0, 0.1) is 0 Å². The van der Waals surface area contributed by atoms with Crippen LogP contribution in [0.3, 0.4) is 0 Å². The third-order valence-electron chi connectivity index (χ3n) is 2.20. The minimum absolute atomic E-state index is 0.0515. The van der Waals surface area contributed by atoms with Gasteiger partial charge in [-0.2, -0.15) is 0 Å². The van der Waals surface area contributed by atoms with Crippen molar-refractivity contribution in [2.24, 2.45) is 7.05 Å². The molecule has 4 heteroatoms. The number of hydrogen-bond donors (Lipinski definition) is 1. The summed E-state index contributed by atoms with van der Waals surface area (Å²) in [5.41, 5.74) is 0.292. The van der Waals surface area contributed by atoms with Gasteiger partial charge in [-0.1, -0.05) is 17.7 Å². The number of rotatable bonds is 0. The van der Waals surface area contributed by atoms with Gasteiger partial charge in [0.1, 0.15) is 0 Å². The number of aromatic hydroxyl groups is 1. The van der Waals surface area contributed by atoms with E-state index < -0.39 is 0 Å². The molecule has 1 heterocycles. The molecule has 0 amide bonds. The predicted molar refractivity (Wildman–Crippen MR) is 55.9 cm³/mol. The largest absolute Gasteiger partial charge is 0.504 e. The highest BCUT2D eigenvalue weighted by atomic mass is 35.5. The molecule has 0 fully saturated rings. The van der Waals surface area contributed by atoms with Gasteiger partial charge in [0.15, 0.2) is 5.75 Å². The number of benzene rings is 1. The van der Waals surface area contributed by atoms with Crippen LogP contribution in [0.5, 0.6) is 5.75 Å². The number of hydrogen-bond acceptors (Lipinski definition) is 2. The van der Waals surface area contributed by atoms with Crippen molar-refractivity contribution in [2.75, 3.05) is 0 Å². The zero-order chi connectivity index (χ0) is 10.3. The molecular formula is C10H8ClNO2. The Morgan fingerprint density at radius 2 is 1.93 bits per heavy atom. The van der Waals surface area contributed by atoms with E-state index >= 15 is 0 Å². The summed E-state index contributed by atoms with van der Waals surface area (Å²) in [6, 6.07) is 6.48. The van der Waals surface area contributed by atoms with Gasteiger partial charge in [0.2, 0.25) is 0 Å². The molecule has 0 unspecified atom stereocenters. The number of nitrogens with zero attached hydrogens (tertiary/aromatic N) is 1. The lowest BCUT2D eigenvalue weighted by molar-refractivity contribution is 0.478. The number of pyridine rings is 1. The summed E-state index contributed by atoms with van der Waals surface area (Å²) in [5, 5.41) is 10.7. The van der Waals surface area contributed by atoms with Crippen LogP contribution in [0.25, 0.3) is 10.9 Å². The Bertz CT molecular complexity index is 560. The van der Waals surface area contributed by atoms with Crippen molar-refractivity contribution in [3.63, 3.8) is 0 Å². The molecule has 0 bridgehead atoms. The van der Waals surface area contributed by atoms with Crippen molar-refractivity contribution in [3.05, 3.63) is 39.6 Å². The van der Waals surface area contributed by atoms with Crippen molar-refractivity contribution in [1.29, 1.82) is 0 Å². The second kappa shape index (κ2) is 3.03. The number of fused-ring (bicyclic) bond motifs is 1. The number of phenols is 1. The minimum atomic E-state index is -0.171. The molecular weight excluding hydrogens is 202 g/mol. The fourth-order valence-corrected chi connectivity index (χ4v) is 1.59. The second-order valence-corrected chi connectivity index (χ2v) is 3.47. The molecule has 0 aliphatic carbocycles. The molecule has 2 aromatic rings. The zero-order valence-corrected chi connectivity index (χ0v) is 8.25. The van der Waals surface area contributed by atoms with Gasteiger partial charge < -0.3 is 9.67 Å². The van der Waals surface area contributed by atoms with Crippen LogP contribution in [0.1, 0.15) is 0 Å². The molecule has 0 saturated heterocycles. The van der Waals surface area contributed by atoms with E-state index in [2.05, 4.69) is 0 Å². The summed E-state index contributed by atoms with van der Waals surface area (Å²) >= 11 is 5.75. The molecule has 0 spiro atoms. The van der Waals surface area contributed by atoms with Crippen molar-refractivity contribution < 1.29 is 5.11 Å². The summed E-state index contributed by atoms with van der Waals surface area (Å²) in [7, 11) is 1.60. The Hall–Kier alpha value is -1.48. The molecule has 0 aliphatic rings. The maximum absolute atomic E-state index is 11.3. The first-order chi connectivity index (χ1) is 6.61. The van der Waals surface area contributed by atoms with E-state index in [0.29, 0.717) is 5.52 Å². The molecule has 0 atom stereocenters. The second-order valence-electron chi connectivity index (χ2n) is 3.06. The molecule has 1 aromatic carbocycles. The third kappa shape index (κ3) is 1.17. The van der Waals surface area contributed by atoms with E-state index in [9.17, 15) is 9.90 Å². The van der Waals surface area contributed by atoms with E-state index in [4.69, 9.17) is 11.6 Å². The highest BCUT2D eigenvalue weighted by Gasteiger charge is 2.07. The van der Waals surface area contributed by atoms with Crippen molar-refractivity contribution >= 4 is 22.5 Å². The lowest BCUT2D eigenvalue weighted by Gasteiger charge is -2.06. The average Bonchev–Trinajstić information content (AvgIpc) is 2.17. The normalized spacial score (nSPS) is 10.7. The van der Waals surface area contributed by atoms with Crippen LogP contribution < -0.4 is 5.56 Å². The highest BCUT2D eigenvalue weighted by molar-refractivity contribution is 6.33. The van der Waals surface area contributed by atoms with E-state index in [-0.39, 0.29) is 16.3 Å². The van der Waals surface area contributed by atoms with Gasteiger partial charge in [0.05, 0.1) is 10.5 Å². The predicted octanol–water partition coefficient (Wildman–Crippen LogP) is 1.90. The number of halogens is 1. The van der Waals surface area contributed by atoms with E-state index in [0.717, 1.165) is 5.39 Å². The average molecular weight is 210 g/mol. The number of aryl methyl sites for hydroxylation is 1. The fourth-order valence-electron chi connectivity index (χ4n) is 1.44. The van der Waals surface area contributed by atoms with Crippen LogP contribution in [0.2, 0.25) is 5.02 Å². The van der Waals surface area contributed by atoms with Crippen molar-refractivity contribution in [1.82, 2.24) is 4.57 Å². The van der Waals surface area contributed by atoms with Gasteiger partial charge in [-0.05, 0) is 12.1 Å². The number of aromatic nitrogens is 1. The van der Waals surface area contributed by atoms with Crippen LogP contribution in [-0.4, -0.2) is 9.67 Å². The Labute approximate surface area is 85.2 Å². The summed E-state index contributed by atoms with van der Waals surface area (Å²) in [6.45, 7) is 0. The summed E-state index contributed by atoms with van der Waals surface area (Å²) < 4.78 is 1.37. The van der Waals surface area contributed by atoms with Gasteiger partial charge in [-0.3, -0.25) is 4.79 Å². The van der Waals surface area contributed by atoms with Crippen LogP contribution >= 0.6 is 11.6 Å². The first-order valence-electron chi connectivity index (χ1n) is 4.08. The first-order valence-corrected chi connectivity index (χ1v) is 4.46. The van der Waals surface area contributed by atoms with Crippen LogP contribution in [-0.2, 0) is 7.05 Å². The van der Waals surface area contributed by atoms with Crippen molar-refractivity contribution in [3.8, 4) is 5.75 Å². The lowest BCUT2D eigenvalue weighted by atomic mass is 10.2. The maximum atomic E-state index is 11.3. The SMILES string of the molecule is Cn1c(=O)ccc2ccc(Cl)c(O)c21. The zero-order valence-electron chi connectivity index (χ0n) is 7.49. The minimum Gasteiger partial charge on any atom is -0.504 e. The fraction of sp³-hybridized carbons (Fsp3) is 0.100. The van der Waals surface area contributed by atoms with Crippen LogP contribution in [0.15, 0.2) is 29.1 Å². The molecule has 1 N–H and O–H groups in total. The summed E-state index contributed by atoms with van der Waals surface area (Å²) in [4.78, 5) is 11.3. The standard InChI is InChI=1S/C10H8ClNO2/c1-12-8(13)5-3-6-2-4-7(11)10(14)9(6)12/h2-5,14H,1H3. The molecule has 0 saturated carbocycles. The lowest BCUT2D eigenvalue weighted by Crippen LogP contribution is -2.15. The number of phenolic OH excluding ortho intramolecular Hbond substituents is 1. The Morgan fingerprint density at radius 3 is 2.64 bits per heavy atom. The van der Waals surface area contributed by atoms with E-state index in [1.54, 1.807) is 25.2 Å².